The molecule has 0 aliphatic carbocycles. The Balaban J connectivity index is 1.80. The van der Waals surface area contributed by atoms with Gasteiger partial charge >= 0.3 is 0 Å². The molecule has 1 aliphatic heterocycles. The first kappa shape index (κ1) is 18.2. The molecule has 2 aromatic carbocycles. The minimum absolute atomic E-state index is 0.0830. The highest BCUT2D eigenvalue weighted by Gasteiger charge is 2.24. The smallest absolute Gasteiger partial charge is 0.251 e. The number of amides is 1. The van der Waals surface area contributed by atoms with Crippen molar-refractivity contribution < 1.29 is 22.7 Å². The van der Waals surface area contributed by atoms with Crippen LogP contribution in [-0.4, -0.2) is 41.1 Å². The van der Waals surface area contributed by atoms with Crippen LogP contribution in [0.5, 0.6) is 11.5 Å². The van der Waals surface area contributed by atoms with E-state index in [0.29, 0.717) is 13.0 Å². The van der Waals surface area contributed by atoms with Gasteiger partial charge in [0.05, 0.1) is 13.2 Å². The van der Waals surface area contributed by atoms with Crippen LogP contribution in [0.1, 0.15) is 15.9 Å². The second-order valence-electron chi connectivity index (χ2n) is 5.87. The van der Waals surface area contributed by atoms with Gasteiger partial charge < -0.3 is 14.8 Å². The molecule has 7 nitrogen and oxygen atoms in total. The van der Waals surface area contributed by atoms with Gasteiger partial charge in [-0.15, -0.1) is 0 Å². The number of para-hydroxylation sites is 1. The third kappa shape index (κ3) is 3.66. The topological polar surface area (TPSA) is 93.7 Å². The van der Waals surface area contributed by atoms with E-state index < -0.39 is 10.0 Å². The van der Waals surface area contributed by atoms with Crippen molar-refractivity contribution in [1.82, 2.24) is 10.0 Å². The first-order valence-electron chi connectivity index (χ1n) is 8.07. The van der Waals surface area contributed by atoms with Gasteiger partial charge in [0.2, 0.25) is 10.0 Å². The van der Waals surface area contributed by atoms with E-state index >= 15 is 0 Å². The standard InChI is InChI=1S/C18H20N2O5S/c1-19-26(22,23)17-10-13(7-8-16(17)24-2)18(21)20-14-9-12-5-3-4-6-15(12)25-11-14/h3-8,10,14,19H,9,11H2,1-2H3,(H,20,21)/t14-/m1/s1. The number of methoxy groups -OCH3 is 1. The Morgan fingerprint density at radius 1 is 1.23 bits per heavy atom. The Bertz CT molecular complexity index is 927. The van der Waals surface area contributed by atoms with E-state index in [1.807, 2.05) is 24.3 Å². The fraction of sp³-hybridized carbons (Fsp3) is 0.278. The Hall–Kier alpha value is -2.58. The van der Waals surface area contributed by atoms with E-state index in [0.717, 1.165) is 11.3 Å². The molecule has 1 heterocycles. The predicted molar refractivity (Wildman–Crippen MR) is 96.1 cm³/mol. The number of benzene rings is 2. The van der Waals surface area contributed by atoms with Crippen LogP contribution in [0.4, 0.5) is 0 Å². The highest BCUT2D eigenvalue weighted by Crippen LogP contribution is 2.26. The van der Waals surface area contributed by atoms with Gasteiger partial charge in [-0.3, -0.25) is 4.79 Å². The number of hydrogen-bond acceptors (Lipinski definition) is 5. The molecule has 1 atom stereocenters. The number of carbonyl (C=O) groups excluding carboxylic acids is 1. The Labute approximate surface area is 152 Å². The maximum Gasteiger partial charge on any atom is 0.251 e. The van der Waals surface area contributed by atoms with Gasteiger partial charge in [-0.25, -0.2) is 13.1 Å². The third-order valence-electron chi connectivity index (χ3n) is 4.20. The normalized spacial score (nSPS) is 16.3. The molecule has 0 fully saturated rings. The molecular formula is C18H20N2O5S. The van der Waals surface area contributed by atoms with Crippen LogP contribution in [0.2, 0.25) is 0 Å². The third-order valence-corrected chi connectivity index (χ3v) is 5.63. The lowest BCUT2D eigenvalue weighted by atomic mass is 10.0. The number of ether oxygens (including phenoxy) is 2. The molecule has 0 radical (unpaired) electrons. The van der Waals surface area contributed by atoms with Crippen LogP contribution in [0, 0.1) is 0 Å². The molecule has 1 aliphatic rings. The molecule has 0 bridgehead atoms. The minimum atomic E-state index is -3.75. The van der Waals surface area contributed by atoms with Gasteiger partial charge in [0.15, 0.2) is 0 Å². The molecule has 2 N–H and O–H groups in total. The molecular weight excluding hydrogens is 356 g/mol. The zero-order valence-electron chi connectivity index (χ0n) is 14.5. The van der Waals surface area contributed by atoms with Gasteiger partial charge in [0.1, 0.15) is 23.0 Å². The molecule has 1 amide bonds. The van der Waals surface area contributed by atoms with Crippen molar-refractivity contribution in [3.8, 4) is 11.5 Å². The minimum Gasteiger partial charge on any atom is -0.495 e. The average molecular weight is 376 g/mol. The number of carbonyl (C=O) groups is 1. The fourth-order valence-corrected chi connectivity index (χ4v) is 3.75. The monoisotopic (exact) mass is 376 g/mol. The summed E-state index contributed by atoms with van der Waals surface area (Å²) >= 11 is 0. The maximum absolute atomic E-state index is 12.6. The molecule has 0 saturated heterocycles. The second-order valence-corrected chi connectivity index (χ2v) is 7.72. The highest BCUT2D eigenvalue weighted by molar-refractivity contribution is 7.89. The van der Waals surface area contributed by atoms with Crippen LogP contribution < -0.4 is 19.5 Å². The summed E-state index contributed by atoms with van der Waals surface area (Å²) < 4.78 is 37.3. The molecule has 8 heteroatoms. The lowest BCUT2D eigenvalue weighted by molar-refractivity contribution is 0.0915. The summed E-state index contributed by atoms with van der Waals surface area (Å²) in [5, 5.41) is 2.89. The van der Waals surface area contributed by atoms with Gasteiger partial charge in [0.25, 0.3) is 5.91 Å². The van der Waals surface area contributed by atoms with E-state index in [-0.39, 0.29) is 28.2 Å². The quantitative estimate of drug-likeness (QED) is 0.821. The Kier molecular flexibility index (Phi) is 5.15. The van der Waals surface area contributed by atoms with E-state index in [1.165, 1.54) is 32.4 Å². The van der Waals surface area contributed by atoms with Crippen LogP contribution >= 0.6 is 0 Å². The first-order chi connectivity index (χ1) is 12.4. The molecule has 0 unspecified atom stereocenters. The summed E-state index contributed by atoms with van der Waals surface area (Å²) in [4.78, 5) is 12.5. The summed E-state index contributed by atoms with van der Waals surface area (Å²) in [5.41, 5.74) is 1.26. The van der Waals surface area contributed by atoms with Gasteiger partial charge in [0, 0.05) is 5.56 Å². The van der Waals surface area contributed by atoms with E-state index in [2.05, 4.69) is 10.0 Å². The van der Waals surface area contributed by atoms with Gasteiger partial charge in [-0.2, -0.15) is 0 Å². The lowest BCUT2D eigenvalue weighted by Gasteiger charge is -2.26. The summed E-state index contributed by atoms with van der Waals surface area (Å²) in [6, 6.07) is 11.8. The van der Waals surface area contributed by atoms with Crippen LogP contribution in [0.25, 0.3) is 0 Å². The van der Waals surface area contributed by atoms with Crippen molar-refractivity contribution >= 4 is 15.9 Å². The summed E-state index contributed by atoms with van der Waals surface area (Å²) in [6.45, 7) is 0.362. The van der Waals surface area contributed by atoms with Gasteiger partial charge in [-0.1, -0.05) is 18.2 Å². The van der Waals surface area contributed by atoms with Crippen molar-refractivity contribution in [2.45, 2.75) is 17.4 Å². The number of sulfonamides is 1. The number of rotatable bonds is 5. The van der Waals surface area contributed by atoms with Crippen molar-refractivity contribution in [2.24, 2.45) is 0 Å². The van der Waals surface area contributed by atoms with Crippen molar-refractivity contribution in [3.63, 3.8) is 0 Å². The molecule has 138 valence electrons. The maximum atomic E-state index is 12.6. The SMILES string of the molecule is CNS(=O)(=O)c1cc(C(=O)N[C@H]2COc3ccccc3C2)ccc1OC. The van der Waals surface area contributed by atoms with Crippen molar-refractivity contribution in [3.05, 3.63) is 53.6 Å². The zero-order valence-corrected chi connectivity index (χ0v) is 15.3. The zero-order chi connectivity index (χ0) is 18.7. The van der Waals surface area contributed by atoms with Crippen molar-refractivity contribution in [2.75, 3.05) is 20.8 Å². The second kappa shape index (κ2) is 7.35. The van der Waals surface area contributed by atoms with Crippen LogP contribution in [0.15, 0.2) is 47.4 Å². The summed E-state index contributed by atoms with van der Waals surface area (Å²) in [7, 11) is -1.07. The Morgan fingerprint density at radius 2 is 2.00 bits per heavy atom. The number of hydrogen-bond donors (Lipinski definition) is 2. The summed E-state index contributed by atoms with van der Waals surface area (Å²) in [6.07, 6.45) is 0.653. The summed E-state index contributed by atoms with van der Waals surface area (Å²) in [5.74, 6) is 0.629. The first-order valence-corrected chi connectivity index (χ1v) is 9.56. The number of fused-ring (bicyclic) bond motifs is 1. The predicted octanol–water partition coefficient (Wildman–Crippen LogP) is 1.34. The largest absolute Gasteiger partial charge is 0.495 e. The molecule has 3 rings (SSSR count). The van der Waals surface area contributed by atoms with E-state index in [4.69, 9.17) is 9.47 Å². The Morgan fingerprint density at radius 3 is 2.73 bits per heavy atom. The van der Waals surface area contributed by atoms with Crippen molar-refractivity contribution in [1.29, 1.82) is 0 Å². The van der Waals surface area contributed by atoms with E-state index in [1.54, 1.807) is 0 Å². The number of nitrogens with one attached hydrogen (secondary N) is 2. The fourth-order valence-electron chi connectivity index (χ4n) is 2.83. The lowest BCUT2D eigenvalue weighted by Crippen LogP contribution is -2.42. The molecule has 0 aromatic heterocycles. The highest BCUT2D eigenvalue weighted by atomic mass is 32.2. The van der Waals surface area contributed by atoms with Crippen LogP contribution in [0.3, 0.4) is 0 Å². The average Bonchev–Trinajstić information content (AvgIpc) is 2.67. The molecule has 0 spiro atoms. The van der Waals surface area contributed by atoms with Gasteiger partial charge in [-0.05, 0) is 43.3 Å². The van der Waals surface area contributed by atoms with E-state index in [9.17, 15) is 13.2 Å². The van der Waals surface area contributed by atoms with Crippen LogP contribution in [-0.2, 0) is 16.4 Å². The molecule has 0 saturated carbocycles. The molecule has 26 heavy (non-hydrogen) atoms. The molecule has 2 aromatic rings.